The van der Waals surface area contributed by atoms with E-state index in [0.29, 0.717) is 22.3 Å². The van der Waals surface area contributed by atoms with Gasteiger partial charge in [0, 0.05) is 38.2 Å². The van der Waals surface area contributed by atoms with E-state index in [1.165, 1.54) is 0 Å². The van der Waals surface area contributed by atoms with Gasteiger partial charge in [0.2, 0.25) is 0 Å². The third kappa shape index (κ3) is 4.75. The van der Waals surface area contributed by atoms with Crippen LogP contribution in [-0.2, 0) is 0 Å². The largest absolute Gasteiger partial charge is 0.456 e. The number of fused-ring (bicyclic) bond motifs is 6. The second-order valence-corrected chi connectivity index (χ2v) is 11.2. The summed E-state index contributed by atoms with van der Waals surface area (Å²) in [7, 11) is 0. The van der Waals surface area contributed by atoms with Crippen molar-refractivity contribution in [3.63, 3.8) is 0 Å². The molecule has 0 aliphatic carbocycles. The van der Waals surface area contributed by atoms with Gasteiger partial charge in [-0.2, -0.15) is 0 Å². The highest BCUT2D eigenvalue weighted by atomic mass is 16.3. The van der Waals surface area contributed by atoms with E-state index in [0.717, 1.165) is 10.8 Å². The summed E-state index contributed by atoms with van der Waals surface area (Å²) in [5.74, 6) is -0.0602. The molecule has 5 heteroatoms. The minimum Gasteiger partial charge on any atom is -0.456 e. The summed E-state index contributed by atoms with van der Waals surface area (Å²) in [5, 5.41) is 1.08. The van der Waals surface area contributed by atoms with E-state index in [2.05, 4.69) is 4.98 Å². The molecule has 5 nitrogen and oxygen atoms in total. The van der Waals surface area contributed by atoms with Crippen LogP contribution in [0, 0.1) is 0 Å². The molecule has 0 unspecified atom stereocenters. The minimum atomic E-state index is -0.855. The first-order chi connectivity index (χ1) is 31.0. The van der Waals surface area contributed by atoms with Crippen molar-refractivity contribution in [2.75, 3.05) is 0 Å². The molecular formula is C45H27N3O2. The first-order valence-electron chi connectivity index (χ1n) is 22.9. The van der Waals surface area contributed by atoms with Crippen molar-refractivity contribution in [3.05, 3.63) is 163 Å². The normalized spacial score (nSPS) is 15.8. The zero-order valence-corrected chi connectivity index (χ0v) is 25.6. The van der Waals surface area contributed by atoms with E-state index < -0.39 is 124 Å². The molecule has 10 aromatic rings. The monoisotopic (exact) mass is 656 g/mol. The van der Waals surface area contributed by atoms with Crippen molar-refractivity contribution in [1.29, 1.82) is 0 Å². The van der Waals surface area contributed by atoms with Gasteiger partial charge in [0.1, 0.15) is 22.3 Å². The topological polar surface area (TPSA) is 65.0 Å². The van der Waals surface area contributed by atoms with Crippen LogP contribution >= 0.6 is 0 Å². The van der Waals surface area contributed by atoms with Crippen LogP contribution in [0.25, 0.3) is 100 Å². The molecule has 0 saturated heterocycles. The fourth-order valence-corrected chi connectivity index (χ4v) is 5.92. The first-order valence-corrected chi connectivity index (χ1v) is 15.4. The molecule has 3 aromatic heterocycles. The Bertz CT molecular complexity index is 3740. The third-order valence-electron chi connectivity index (χ3n) is 8.23. The van der Waals surface area contributed by atoms with Gasteiger partial charge in [-0.1, -0.05) is 121 Å². The van der Waals surface area contributed by atoms with Gasteiger partial charge in [-0.05, 0) is 64.6 Å². The fraction of sp³-hybridized carbons (Fsp3) is 0. The molecule has 0 aliphatic heterocycles. The van der Waals surface area contributed by atoms with Crippen molar-refractivity contribution in [3.8, 4) is 56.4 Å². The number of rotatable bonds is 5. The van der Waals surface area contributed by atoms with E-state index in [-0.39, 0.29) is 33.8 Å². The van der Waals surface area contributed by atoms with Crippen molar-refractivity contribution in [1.82, 2.24) is 15.0 Å². The Labute approximate surface area is 308 Å². The average Bonchev–Trinajstić information content (AvgIpc) is 3.90. The molecule has 10 rings (SSSR count). The highest BCUT2D eigenvalue weighted by Crippen LogP contribution is 2.38. The molecule has 0 saturated carbocycles. The standard InChI is InChI=1S/C45H27N3O2/c1-2-11-28(12-3-1)43-46-44(48-45(47-43)33-23-24-36-35-17-4-6-20-38(35)50-41(36)27-33)32-16-9-14-30(26-32)29-13-8-15-31(25-29)34-19-10-22-40-42(34)37-18-5-7-21-39(37)49-40/h1-27H/i5D,7D,8D,9D,10D,13D,14D,15D,16D,18D,19D,21D,22D,25D,26D. The Balaban J connectivity index is 1.26. The summed E-state index contributed by atoms with van der Waals surface area (Å²) >= 11 is 0. The number of hydrogen-bond acceptors (Lipinski definition) is 5. The van der Waals surface area contributed by atoms with E-state index in [9.17, 15) is 2.74 Å². The number of aromatic nitrogens is 3. The Morgan fingerprint density at radius 1 is 0.400 bits per heavy atom. The Morgan fingerprint density at radius 2 is 1.02 bits per heavy atom. The molecule has 0 atom stereocenters. The van der Waals surface area contributed by atoms with Gasteiger partial charge in [0.05, 0.1) is 20.6 Å². The third-order valence-corrected chi connectivity index (χ3v) is 8.23. The molecule has 0 bridgehead atoms. The zero-order chi connectivity index (χ0) is 46.1. The van der Waals surface area contributed by atoms with E-state index in [4.69, 9.17) is 36.6 Å². The Kier molecular flexibility index (Phi) is 3.87. The lowest BCUT2D eigenvalue weighted by Gasteiger charge is -2.11. The van der Waals surface area contributed by atoms with Crippen LogP contribution in [0.15, 0.2) is 172 Å². The highest BCUT2D eigenvalue weighted by molar-refractivity contribution is 6.12. The molecule has 0 amide bonds. The molecule has 0 aliphatic rings. The quantitative estimate of drug-likeness (QED) is 0.184. The van der Waals surface area contributed by atoms with Gasteiger partial charge in [0.25, 0.3) is 0 Å². The number of nitrogens with zero attached hydrogens (tertiary/aromatic N) is 3. The van der Waals surface area contributed by atoms with Gasteiger partial charge in [-0.15, -0.1) is 0 Å². The summed E-state index contributed by atoms with van der Waals surface area (Å²) in [6.45, 7) is 0. The lowest BCUT2D eigenvalue weighted by molar-refractivity contribution is 0.668. The lowest BCUT2D eigenvalue weighted by atomic mass is 9.95. The molecule has 50 heavy (non-hydrogen) atoms. The lowest BCUT2D eigenvalue weighted by Crippen LogP contribution is -2.00. The predicted octanol–water partition coefficient (Wildman–Crippen LogP) is 12.0. The zero-order valence-electron chi connectivity index (χ0n) is 40.6. The highest BCUT2D eigenvalue weighted by Gasteiger charge is 2.16. The second kappa shape index (κ2) is 11.4. The van der Waals surface area contributed by atoms with Gasteiger partial charge in [-0.25, -0.2) is 15.0 Å². The molecule has 0 radical (unpaired) electrons. The van der Waals surface area contributed by atoms with Crippen molar-refractivity contribution >= 4 is 43.9 Å². The summed E-state index contributed by atoms with van der Waals surface area (Å²) in [4.78, 5) is 14.1. The predicted molar refractivity (Wildman–Crippen MR) is 202 cm³/mol. The van der Waals surface area contributed by atoms with Crippen LogP contribution in [0.2, 0.25) is 0 Å². The molecule has 0 fully saturated rings. The minimum absolute atomic E-state index is 0.0935. The summed E-state index contributed by atoms with van der Waals surface area (Å²) in [5.41, 5.74) is -1.38. The van der Waals surface area contributed by atoms with Crippen molar-refractivity contribution < 1.29 is 29.4 Å². The molecule has 234 valence electrons. The van der Waals surface area contributed by atoms with Crippen molar-refractivity contribution in [2.24, 2.45) is 0 Å². The van der Waals surface area contributed by atoms with Gasteiger partial charge < -0.3 is 8.83 Å². The van der Waals surface area contributed by atoms with E-state index >= 15 is 0 Å². The average molecular weight is 657 g/mol. The van der Waals surface area contributed by atoms with E-state index in [1.807, 2.05) is 30.3 Å². The van der Waals surface area contributed by atoms with E-state index in [1.54, 1.807) is 42.5 Å². The number of hydrogen-bond donors (Lipinski definition) is 0. The van der Waals surface area contributed by atoms with Gasteiger partial charge in [0.15, 0.2) is 17.5 Å². The van der Waals surface area contributed by atoms with Crippen molar-refractivity contribution in [2.45, 2.75) is 0 Å². The molecule has 0 N–H and O–H groups in total. The van der Waals surface area contributed by atoms with Crippen LogP contribution in [0.1, 0.15) is 20.6 Å². The summed E-state index contributed by atoms with van der Waals surface area (Å²) < 4.78 is 146. The number of furan rings is 2. The maximum atomic E-state index is 9.62. The van der Waals surface area contributed by atoms with Crippen LogP contribution in [0.5, 0.6) is 0 Å². The number of benzene rings is 7. The second-order valence-electron chi connectivity index (χ2n) is 11.2. The summed E-state index contributed by atoms with van der Waals surface area (Å²) in [6.07, 6.45) is 0. The van der Waals surface area contributed by atoms with Gasteiger partial charge >= 0.3 is 0 Å². The molecule has 7 aromatic carbocycles. The molecule has 3 heterocycles. The maximum absolute atomic E-state index is 9.62. The van der Waals surface area contributed by atoms with Gasteiger partial charge in [-0.3, -0.25) is 0 Å². The fourth-order valence-electron chi connectivity index (χ4n) is 5.92. The smallest absolute Gasteiger partial charge is 0.164 e. The van der Waals surface area contributed by atoms with Crippen LogP contribution in [0.3, 0.4) is 0 Å². The SMILES string of the molecule is [2H]c1c([2H])c(-c2nc(-c3ccccc3)nc(-c3ccc4c(c3)oc3ccccc34)n2)c([2H])c(-c2c([2H])c([2H])c([2H])c(-c3c([2H])c([2H])c([2H])c4oc5c([2H])c([2H])c([2H])c([2H])c5c34)c2[2H])c1[2H]. The molecular weight excluding hydrogens is 615 g/mol. The Morgan fingerprint density at radius 3 is 1.88 bits per heavy atom. The van der Waals surface area contributed by atoms with Crippen LogP contribution in [-0.4, -0.2) is 15.0 Å². The first kappa shape index (κ1) is 17.0. The summed E-state index contributed by atoms with van der Waals surface area (Å²) in [6, 6.07) is 10.7. The van der Waals surface area contributed by atoms with Crippen LogP contribution < -0.4 is 0 Å². The number of para-hydroxylation sites is 2. The maximum Gasteiger partial charge on any atom is 0.164 e. The molecule has 0 spiro atoms. The van der Waals surface area contributed by atoms with Crippen LogP contribution in [0.4, 0.5) is 0 Å². The Hall–Kier alpha value is -6.85.